The van der Waals surface area contributed by atoms with Crippen LogP contribution >= 0.6 is 0 Å². The smallest absolute Gasteiger partial charge is 0.331 e. The molecule has 1 unspecified atom stereocenters. The fraction of sp³-hybridized carbons (Fsp3) is 0.385. The quantitative estimate of drug-likeness (QED) is 0.752. The van der Waals surface area contributed by atoms with E-state index >= 15 is 0 Å². The van der Waals surface area contributed by atoms with Gasteiger partial charge in [-0.2, -0.15) is 0 Å². The molecule has 0 bridgehead atoms. The first kappa shape index (κ1) is 13.4. The number of nitrogens with two attached hydrogens (primary N) is 1. The Kier molecular flexibility index (Phi) is 4.02. The lowest BCUT2D eigenvalue weighted by Crippen LogP contribution is -2.59. The molecule has 0 spiro atoms. The van der Waals surface area contributed by atoms with E-state index in [1.807, 2.05) is 6.07 Å². The summed E-state index contributed by atoms with van der Waals surface area (Å²) in [6.45, 7) is 3.27. The van der Waals surface area contributed by atoms with Gasteiger partial charge in [-0.05, 0) is 11.5 Å². The number of rotatable bonds is 5. The molecule has 1 atom stereocenters. The molecule has 0 aromatic heterocycles. The van der Waals surface area contributed by atoms with Crippen LogP contribution in [-0.4, -0.2) is 22.4 Å². The Bertz CT molecular complexity index is 414. The molecule has 0 saturated carbocycles. The minimum absolute atomic E-state index is 0.0435. The van der Waals surface area contributed by atoms with Gasteiger partial charge in [0.15, 0.2) is 11.3 Å². The highest BCUT2D eigenvalue weighted by atomic mass is 16.4. The van der Waals surface area contributed by atoms with Crippen LogP contribution in [0.3, 0.4) is 0 Å². The van der Waals surface area contributed by atoms with Gasteiger partial charge in [-0.25, -0.2) is 4.79 Å². The summed E-state index contributed by atoms with van der Waals surface area (Å²) in [5, 5.41) is 9.11. The fourth-order valence-corrected chi connectivity index (χ4v) is 1.62. The Morgan fingerprint density at radius 3 is 2.24 bits per heavy atom. The molecule has 17 heavy (non-hydrogen) atoms. The third-order valence-electron chi connectivity index (χ3n) is 2.93. The lowest BCUT2D eigenvalue weighted by atomic mass is 9.81. The van der Waals surface area contributed by atoms with Gasteiger partial charge in [0.1, 0.15) is 0 Å². The number of Topliss-reactive ketones (excluding diaryl/α,β-unsaturated/α-hetero) is 1. The summed E-state index contributed by atoms with van der Waals surface area (Å²) in [7, 11) is 0. The number of hydrogen-bond acceptors (Lipinski definition) is 3. The number of carbonyl (C=O) groups is 2. The topological polar surface area (TPSA) is 80.4 Å². The summed E-state index contributed by atoms with van der Waals surface area (Å²) >= 11 is 0. The van der Waals surface area contributed by atoms with Crippen LogP contribution in [0.1, 0.15) is 19.4 Å². The van der Waals surface area contributed by atoms with Gasteiger partial charge in [0.2, 0.25) is 0 Å². The van der Waals surface area contributed by atoms with Crippen molar-refractivity contribution in [2.24, 2.45) is 11.7 Å². The first-order chi connectivity index (χ1) is 7.89. The summed E-state index contributed by atoms with van der Waals surface area (Å²) in [5.74, 6) is -2.18. The van der Waals surface area contributed by atoms with Crippen molar-refractivity contribution in [3.05, 3.63) is 35.9 Å². The molecule has 0 radical (unpaired) electrons. The van der Waals surface area contributed by atoms with Gasteiger partial charge in [-0.3, -0.25) is 4.79 Å². The first-order valence-electron chi connectivity index (χ1n) is 5.48. The van der Waals surface area contributed by atoms with E-state index in [0.717, 1.165) is 5.56 Å². The van der Waals surface area contributed by atoms with E-state index < -0.39 is 23.2 Å². The Morgan fingerprint density at radius 1 is 1.29 bits per heavy atom. The largest absolute Gasteiger partial charge is 0.480 e. The predicted octanol–water partition coefficient (Wildman–Crippen LogP) is 1.24. The van der Waals surface area contributed by atoms with Gasteiger partial charge in [-0.1, -0.05) is 44.2 Å². The van der Waals surface area contributed by atoms with Gasteiger partial charge in [0.05, 0.1) is 0 Å². The summed E-state index contributed by atoms with van der Waals surface area (Å²) in [4.78, 5) is 23.2. The fourth-order valence-electron chi connectivity index (χ4n) is 1.62. The summed E-state index contributed by atoms with van der Waals surface area (Å²) in [6, 6.07) is 9.00. The SMILES string of the molecule is CC(C)C(N)(C(=O)O)C(=O)Cc1ccccc1. The molecule has 0 aliphatic rings. The molecule has 0 amide bonds. The highest BCUT2D eigenvalue weighted by Crippen LogP contribution is 2.18. The van der Waals surface area contributed by atoms with Crippen LogP contribution in [-0.2, 0) is 16.0 Å². The summed E-state index contributed by atoms with van der Waals surface area (Å²) < 4.78 is 0. The number of carboxylic acids is 1. The van der Waals surface area contributed by atoms with Crippen molar-refractivity contribution in [2.45, 2.75) is 25.8 Å². The number of hydrogen-bond donors (Lipinski definition) is 2. The first-order valence-corrected chi connectivity index (χ1v) is 5.48. The van der Waals surface area contributed by atoms with Gasteiger partial charge < -0.3 is 10.8 Å². The van der Waals surface area contributed by atoms with Crippen molar-refractivity contribution in [3.8, 4) is 0 Å². The van der Waals surface area contributed by atoms with Crippen LogP contribution in [0.15, 0.2) is 30.3 Å². The van der Waals surface area contributed by atoms with Crippen molar-refractivity contribution in [3.63, 3.8) is 0 Å². The van der Waals surface area contributed by atoms with E-state index in [-0.39, 0.29) is 6.42 Å². The molecular formula is C13H17NO3. The molecule has 0 aliphatic carbocycles. The zero-order chi connectivity index (χ0) is 13.1. The average Bonchev–Trinajstić information content (AvgIpc) is 2.28. The standard InChI is InChI=1S/C13H17NO3/c1-9(2)13(14,12(16)17)11(15)8-10-6-4-3-5-7-10/h3-7,9H,8,14H2,1-2H3,(H,16,17). The number of ketones is 1. The van der Waals surface area contributed by atoms with Gasteiger partial charge in [0.25, 0.3) is 0 Å². The molecule has 3 N–H and O–H groups in total. The van der Waals surface area contributed by atoms with Crippen LogP contribution < -0.4 is 5.73 Å². The number of carboxylic acid groups (broad SMARTS) is 1. The molecule has 1 aromatic carbocycles. The normalized spacial score (nSPS) is 14.4. The Hall–Kier alpha value is -1.68. The summed E-state index contributed by atoms with van der Waals surface area (Å²) in [5.41, 5.74) is 4.69. The van der Waals surface area contributed by atoms with Crippen molar-refractivity contribution < 1.29 is 14.7 Å². The molecule has 4 nitrogen and oxygen atoms in total. The van der Waals surface area contributed by atoms with Crippen LogP contribution in [0.5, 0.6) is 0 Å². The van der Waals surface area contributed by atoms with Crippen LogP contribution in [0, 0.1) is 5.92 Å². The maximum atomic E-state index is 12.0. The summed E-state index contributed by atoms with van der Waals surface area (Å²) in [6.07, 6.45) is 0.0435. The predicted molar refractivity (Wildman–Crippen MR) is 64.5 cm³/mol. The molecule has 4 heteroatoms. The van der Waals surface area contributed by atoms with E-state index in [9.17, 15) is 9.59 Å². The molecular weight excluding hydrogens is 218 g/mol. The lowest BCUT2D eigenvalue weighted by molar-refractivity contribution is -0.150. The second-order valence-electron chi connectivity index (χ2n) is 4.41. The van der Waals surface area contributed by atoms with E-state index in [4.69, 9.17) is 10.8 Å². The van der Waals surface area contributed by atoms with Crippen molar-refractivity contribution in [2.75, 3.05) is 0 Å². The van der Waals surface area contributed by atoms with Crippen LogP contribution in [0.25, 0.3) is 0 Å². The third-order valence-corrected chi connectivity index (χ3v) is 2.93. The van der Waals surface area contributed by atoms with Gasteiger partial charge in [-0.15, -0.1) is 0 Å². The van der Waals surface area contributed by atoms with Gasteiger partial charge >= 0.3 is 5.97 Å². The lowest BCUT2D eigenvalue weighted by Gasteiger charge is -2.27. The highest BCUT2D eigenvalue weighted by molar-refractivity contribution is 6.08. The van der Waals surface area contributed by atoms with Crippen molar-refractivity contribution in [1.29, 1.82) is 0 Å². The van der Waals surface area contributed by atoms with Crippen LogP contribution in [0.4, 0.5) is 0 Å². The van der Waals surface area contributed by atoms with E-state index in [0.29, 0.717) is 0 Å². The Labute approximate surface area is 100 Å². The van der Waals surface area contributed by atoms with Crippen molar-refractivity contribution >= 4 is 11.8 Å². The molecule has 0 aliphatic heterocycles. The van der Waals surface area contributed by atoms with E-state index in [1.54, 1.807) is 38.1 Å². The molecule has 0 heterocycles. The maximum absolute atomic E-state index is 12.0. The second-order valence-corrected chi connectivity index (χ2v) is 4.41. The molecule has 1 rings (SSSR count). The number of aliphatic carboxylic acids is 1. The van der Waals surface area contributed by atoms with E-state index in [1.165, 1.54) is 0 Å². The zero-order valence-electron chi connectivity index (χ0n) is 10.0. The number of carbonyl (C=O) groups excluding carboxylic acids is 1. The molecule has 1 aromatic rings. The Balaban J connectivity index is 2.92. The highest BCUT2D eigenvalue weighted by Gasteiger charge is 2.44. The van der Waals surface area contributed by atoms with Crippen molar-refractivity contribution in [1.82, 2.24) is 0 Å². The molecule has 0 fully saturated rings. The second kappa shape index (κ2) is 5.10. The third kappa shape index (κ3) is 2.71. The van der Waals surface area contributed by atoms with Gasteiger partial charge in [0, 0.05) is 6.42 Å². The minimum atomic E-state index is -1.81. The molecule has 0 saturated heterocycles. The monoisotopic (exact) mass is 235 g/mol. The minimum Gasteiger partial charge on any atom is -0.480 e. The van der Waals surface area contributed by atoms with Crippen LogP contribution in [0.2, 0.25) is 0 Å². The maximum Gasteiger partial charge on any atom is 0.331 e. The average molecular weight is 235 g/mol. The molecule has 92 valence electrons. The Morgan fingerprint density at radius 2 is 1.82 bits per heavy atom. The number of benzene rings is 1. The van der Waals surface area contributed by atoms with E-state index in [2.05, 4.69) is 0 Å². The zero-order valence-corrected chi connectivity index (χ0v) is 10.0.